The largest absolute Gasteiger partial charge is 0.459 e. The number of halogens is 1. The van der Waals surface area contributed by atoms with Gasteiger partial charge in [0.2, 0.25) is 0 Å². The Bertz CT molecular complexity index is 570. The Hall–Kier alpha value is -1.55. The van der Waals surface area contributed by atoms with Gasteiger partial charge in [0.25, 0.3) is 5.91 Å². The molecular formula is C14H19IN4O2S. The van der Waals surface area contributed by atoms with Gasteiger partial charge in [0, 0.05) is 30.9 Å². The molecule has 0 fully saturated rings. The molecular weight excluding hydrogens is 415 g/mol. The summed E-state index contributed by atoms with van der Waals surface area (Å²) in [5.74, 6) is 0.446. The van der Waals surface area contributed by atoms with Gasteiger partial charge in [-0.1, -0.05) is 6.07 Å². The lowest BCUT2D eigenvalue weighted by molar-refractivity contribution is 0.0926. The predicted molar refractivity (Wildman–Crippen MR) is 99.0 cm³/mol. The summed E-state index contributed by atoms with van der Waals surface area (Å²) in [7, 11) is 0. The van der Waals surface area contributed by atoms with Crippen molar-refractivity contribution in [1.82, 2.24) is 10.6 Å². The summed E-state index contributed by atoms with van der Waals surface area (Å²) >= 11 is 1.71. The van der Waals surface area contributed by atoms with Crippen molar-refractivity contribution in [1.29, 1.82) is 0 Å². The van der Waals surface area contributed by atoms with E-state index in [0.29, 0.717) is 31.4 Å². The number of thiophene rings is 1. The summed E-state index contributed by atoms with van der Waals surface area (Å²) in [5, 5.41) is 7.71. The highest BCUT2D eigenvalue weighted by atomic mass is 127. The van der Waals surface area contributed by atoms with Crippen LogP contribution in [-0.4, -0.2) is 31.5 Å². The van der Waals surface area contributed by atoms with Gasteiger partial charge in [-0.2, -0.15) is 0 Å². The first-order valence-corrected chi connectivity index (χ1v) is 7.51. The molecule has 2 heterocycles. The molecule has 22 heavy (non-hydrogen) atoms. The van der Waals surface area contributed by atoms with Crippen molar-refractivity contribution in [3.05, 3.63) is 46.5 Å². The number of guanidine groups is 1. The third-order valence-electron chi connectivity index (χ3n) is 2.68. The fourth-order valence-electron chi connectivity index (χ4n) is 1.66. The molecule has 0 saturated heterocycles. The molecule has 0 atom stereocenters. The van der Waals surface area contributed by atoms with Gasteiger partial charge in [0.15, 0.2) is 11.7 Å². The van der Waals surface area contributed by atoms with Crippen LogP contribution >= 0.6 is 35.3 Å². The van der Waals surface area contributed by atoms with Crippen molar-refractivity contribution in [3.8, 4) is 0 Å². The number of rotatable bonds is 7. The van der Waals surface area contributed by atoms with E-state index in [9.17, 15) is 4.79 Å². The fourth-order valence-corrected chi connectivity index (χ4v) is 2.36. The number of nitrogens with one attached hydrogen (secondary N) is 2. The summed E-state index contributed by atoms with van der Waals surface area (Å²) in [6, 6.07) is 7.38. The molecule has 0 aliphatic rings. The van der Waals surface area contributed by atoms with E-state index in [4.69, 9.17) is 10.2 Å². The number of nitrogens with zero attached hydrogens (tertiary/aromatic N) is 1. The normalized spacial score (nSPS) is 10.8. The lowest BCUT2D eigenvalue weighted by Crippen LogP contribution is -2.38. The number of hydrogen-bond acceptors (Lipinski definition) is 4. The molecule has 0 bridgehead atoms. The standard InChI is InChI=1S/C14H18N4O2S.HI/c15-14(17-6-5-11-3-2-10-21-11)18-8-7-16-13(19)12-4-1-9-20-12;/h1-4,9-10H,5-8H2,(H,16,19)(H3,15,17,18);1H. The van der Waals surface area contributed by atoms with E-state index < -0.39 is 0 Å². The van der Waals surface area contributed by atoms with E-state index in [1.165, 1.54) is 11.1 Å². The minimum absolute atomic E-state index is 0. The molecule has 2 rings (SSSR count). The molecule has 0 aliphatic heterocycles. The summed E-state index contributed by atoms with van der Waals surface area (Å²) in [5.41, 5.74) is 5.74. The topological polar surface area (TPSA) is 92.6 Å². The van der Waals surface area contributed by atoms with Crippen LogP contribution in [0.15, 0.2) is 45.3 Å². The minimum atomic E-state index is -0.241. The SMILES string of the molecule is I.NC(=NCCc1cccs1)NCCNC(=O)c1ccco1. The van der Waals surface area contributed by atoms with E-state index in [1.54, 1.807) is 23.5 Å². The Morgan fingerprint density at radius 2 is 2.09 bits per heavy atom. The number of furan rings is 1. The third kappa shape index (κ3) is 6.48. The van der Waals surface area contributed by atoms with Crippen molar-refractivity contribution < 1.29 is 9.21 Å². The smallest absolute Gasteiger partial charge is 0.287 e. The zero-order valence-corrected chi connectivity index (χ0v) is 15.1. The van der Waals surface area contributed by atoms with Gasteiger partial charge >= 0.3 is 0 Å². The van der Waals surface area contributed by atoms with Crippen molar-refractivity contribution >= 4 is 47.2 Å². The van der Waals surface area contributed by atoms with Crippen LogP contribution in [0.2, 0.25) is 0 Å². The fraction of sp³-hybridized carbons (Fsp3) is 0.286. The Balaban J connectivity index is 0.00000242. The lowest BCUT2D eigenvalue weighted by atomic mass is 10.3. The molecule has 2 aromatic heterocycles. The molecule has 8 heteroatoms. The number of aliphatic imine (C=N–C) groups is 1. The number of nitrogens with two attached hydrogens (primary N) is 1. The van der Waals surface area contributed by atoms with Gasteiger partial charge < -0.3 is 20.8 Å². The number of amides is 1. The summed E-state index contributed by atoms with van der Waals surface area (Å²) in [6.07, 6.45) is 2.35. The molecule has 6 nitrogen and oxygen atoms in total. The second-order valence-corrected chi connectivity index (χ2v) is 5.29. The third-order valence-corrected chi connectivity index (χ3v) is 3.62. The van der Waals surface area contributed by atoms with E-state index in [2.05, 4.69) is 21.7 Å². The maximum absolute atomic E-state index is 11.6. The minimum Gasteiger partial charge on any atom is -0.459 e. The van der Waals surface area contributed by atoms with E-state index in [-0.39, 0.29) is 29.9 Å². The van der Waals surface area contributed by atoms with Crippen LogP contribution in [0.3, 0.4) is 0 Å². The monoisotopic (exact) mass is 434 g/mol. The first-order chi connectivity index (χ1) is 10.3. The zero-order valence-electron chi connectivity index (χ0n) is 12.0. The zero-order chi connectivity index (χ0) is 14.9. The first kappa shape index (κ1) is 18.5. The molecule has 4 N–H and O–H groups in total. The molecule has 0 unspecified atom stereocenters. The van der Waals surface area contributed by atoms with Crippen molar-refractivity contribution in [2.75, 3.05) is 19.6 Å². The van der Waals surface area contributed by atoms with Gasteiger partial charge in [0.05, 0.1) is 6.26 Å². The Morgan fingerprint density at radius 1 is 1.27 bits per heavy atom. The molecule has 0 aromatic carbocycles. The molecule has 0 spiro atoms. The Kier molecular flexibility index (Phi) is 8.60. The van der Waals surface area contributed by atoms with E-state index >= 15 is 0 Å². The Labute approximate surface area is 150 Å². The maximum Gasteiger partial charge on any atom is 0.287 e. The first-order valence-electron chi connectivity index (χ1n) is 6.63. The summed E-state index contributed by atoms with van der Waals surface area (Å²) in [6.45, 7) is 1.61. The van der Waals surface area contributed by atoms with Crippen LogP contribution in [0.5, 0.6) is 0 Å². The van der Waals surface area contributed by atoms with Crippen LogP contribution in [0.1, 0.15) is 15.4 Å². The molecule has 0 aliphatic carbocycles. The predicted octanol–water partition coefficient (Wildman–Crippen LogP) is 1.84. The number of carbonyl (C=O) groups is 1. The van der Waals surface area contributed by atoms with Crippen LogP contribution in [-0.2, 0) is 6.42 Å². The van der Waals surface area contributed by atoms with Gasteiger partial charge in [-0.05, 0) is 23.6 Å². The average molecular weight is 434 g/mol. The van der Waals surface area contributed by atoms with E-state index in [0.717, 1.165) is 6.42 Å². The molecule has 2 aromatic rings. The molecule has 0 saturated carbocycles. The maximum atomic E-state index is 11.6. The molecule has 120 valence electrons. The van der Waals surface area contributed by atoms with E-state index in [1.807, 2.05) is 11.4 Å². The van der Waals surface area contributed by atoms with Crippen LogP contribution in [0.25, 0.3) is 0 Å². The molecule has 1 amide bonds. The summed E-state index contributed by atoms with van der Waals surface area (Å²) in [4.78, 5) is 17.1. The van der Waals surface area contributed by atoms with Crippen LogP contribution in [0, 0.1) is 0 Å². The number of hydrogen-bond donors (Lipinski definition) is 3. The van der Waals surface area contributed by atoms with Crippen molar-refractivity contribution in [3.63, 3.8) is 0 Å². The molecule has 0 radical (unpaired) electrons. The number of carbonyl (C=O) groups excluding carboxylic acids is 1. The second kappa shape index (κ2) is 10.2. The highest BCUT2D eigenvalue weighted by Gasteiger charge is 2.06. The van der Waals surface area contributed by atoms with Crippen LogP contribution < -0.4 is 16.4 Å². The van der Waals surface area contributed by atoms with Gasteiger partial charge in [-0.25, -0.2) is 0 Å². The van der Waals surface area contributed by atoms with Crippen LogP contribution in [0.4, 0.5) is 0 Å². The van der Waals surface area contributed by atoms with Crippen molar-refractivity contribution in [2.24, 2.45) is 10.7 Å². The van der Waals surface area contributed by atoms with Crippen molar-refractivity contribution in [2.45, 2.75) is 6.42 Å². The van der Waals surface area contributed by atoms with Gasteiger partial charge in [-0.15, -0.1) is 35.3 Å². The Morgan fingerprint density at radius 3 is 2.77 bits per heavy atom. The average Bonchev–Trinajstić information content (AvgIpc) is 3.16. The lowest BCUT2D eigenvalue weighted by Gasteiger charge is -2.06. The van der Waals surface area contributed by atoms with Gasteiger partial charge in [-0.3, -0.25) is 9.79 Å². The summed E-state index contributed by atoms with van der Waals surface area (Å²) < 4.78 is 4.98. The highest BCUT2D eigenvalue weighted by molar-refractivity contribution is 14.0. The highest BCUT2D eigenvalue weighted by Crippen LogP contribution is 2.08. The second-order valence-electron chi connectivity index (χ2n) is 4.26. The van der Waals surface area contributed by atoms with Gasteiger partial charge in [0.1, 0.15) is 0 Å². The quantitative estimate of drug-likeness (QED) is 0.268.